The number of rotatable bonds is 4. The van der Waals surface area contributed by atoms with Gasteiger partial charge >= 0.3 is 0 Å². The van der Waals surface area contributed by atoms with Crippen LogP contribution >= 0.6 is 0 Å². The van der Waals surface area contributed by atoms with Gasteiger partial charge in [-0.3, -0.25) is 4.79 Å². The molecule has 0 amide bonds. The van der Waals surface area contributed by atoms with Gasteiger partial charge in [0.1, 0.15) is 0 Å². The highest BCUT2D eigenvalue weighted by atomic mass is 16.1. The van der Waals surface area contributed by atoms with E-state index in [0.29, 0.717) is 12.0 Å². The van der Waals surface area contributed by atoms with E-state index >= 15 is 0 Å². The number of hydrogen-bond acceptors (Lipinski definition) is 2. The third-order valence-electron chi connectivity index (χ3n) is 2.78. The van der Waals surface area contributed by atoms with Crippen LogP contribution in [0.1, 0.15) is 19.4 Å². The van der Waals surface area contributed by atoms with Crippen molar-refractivity contribution in [2.45, 2.75) is 33.4 Å². The molecular weight excluding hydrogens is 188 g/mol. The molecule has 0 bridgehead atoms. The summed E-state index contributed by atoms with van der Waals surface area (Å²) in [4.78, 5) is 11.8. The van der Waals surface area contributed by atoms with Crippen LogP contribution < -0.4 is 10.9 Å². The van der Waals surface area contributed by atoms with Crippen molar-refractivity contribution >= 4 is 0 Å². The van der Waals surface area contributed by atoms with Crippen LogP contribution in [0.3, 0.4) is 0 Å². The Morgan fingerprint density at radius 1 is 1.47 bits per heavy atom. The number of likely N-dealkylation sites (N-methyl/N-ethyl adjacent to an activating group) is 1. The van der Waals surface area contributed by atoms with E-state index in [-0.39, 0.29) is 5.56 Å². The molecule has 3 nitrogen and oxygen atoms in total. The number of hydrogen-bond donors (Lipinski definition) is 1. The molecule has 1 rings (SSSR count). The predicted molar refractivity (Wildman–Crippen MR) is 63.1 cm³/mol. The molecule has 0 spiro atoms. The smallest absolute Gasteiger partial charge is 0.253 e. The molecule has 0 radical (unpaired) electrons. The second kappa shape index (κ2) is 5.12. The number of aryl methyl sites for hydroxylation is 1. The highest BCUT2D eigenvalue weighted by molar-refractivity contribution is 5.07. The van der Waals surface area contributed by atoms with Gasteiger partial charge in [0.25, 0.3) is 5.56 Å². The number of pyridine rings is 1. The lowest BCUT2D eigenvalue weighted by molar-refractivity contribution is 0.373. The molecule has 1 N–H and O–H groups in total. The van der Waals surface area contributed by atoms with E-state index in [4.69, 9.17) is 0 Å². The van der Waals surface area contributed by atoms with Crippen LogP contribution in [0.5, 0.6) is 0 Å². The summed E-state index contributed by atoms with van der Waals surface area (Å²) in [6.07, 6.45) is 1.85. The first kappa shape index (κ1) is 12.0. The zero-order valence-corrected chi connectivity index (χ0v) is 9.95. The van der Waals surface area contributed by atoms with Crippen molar-refractivity contribution in [3.05, 3.63) is 34.2 Å². The fourth-order valence-electron chi connectivity index (χ4n) is 1.65. The van der Waals surface area contributed by atoms with Crippen molar-refractivity contribution in [2.75, 3.05) is 7.05 Å². The van der Waals surface area contributed by atoms with E-state index in [2.05, 4.69) is 19.2 Å². The predicted octanol–water partition coefficient (Wildman–Crippen LogP) is 1.40. The van der Waals surface area contributed by atoms with Crippen LogP contribution in [0, 0.1) is 12.8 Å². The monoisotopic (exact) mass is 208 g/mol. The molecule has 0 aliphatic heterocycles. The first-order valence-electron chi connectivity index (χ1n) is 5.39. The molecule has 0 aliphatic rings. The first-order chi connectivity index (χ1) is 7.06. The van der Waals surface area contributed by atoms with Crippen LogP contribution in [0.4, 0.5) is 0 Å². The van der Waals surface area contributed by atoms with Crippen LogP contribution in [0.15, 0.2) is 23.1 Å². The number of aromatic nitrogens is 1. The van der Waals surface area contributed by atoms with Gasteiger partial charge in [-0.15, -0.1) is 0 Å². The standard InChI is InChI=1S/C12H20N2O/c1-9(2)11(13-4)8-14-7-5-6-10(3)12(14)15/h5-7,9,11,13H,8H2,1-4H3. The fraction of sp³-hybridized carbons (Fsp3) is 0.583. The van der Waals surface area contributed by atoms with Crippen molar-refractivity contribution in [3.8, 4) is 0 Å². The Labute approximate surface area is 91.1 Å². The zero-order valence-electron chi connectivity index (χ0n) is 9.95. The third kappa shape index (κ3) is 2.93. The molecule has 1 heterocycles. The molecule has 84 valence electrons. The van der Waals surface area contributed by atoms with E-state index in [1.54, 1.807) is 4.57 Å². The quantitative estimate of drug-likeness (QED) is 0.811. The molecule has 3 heteroatoms. The van der Waals surface area contributed by atoms with E-state index < -0.39 is 0 Å². The van der Waals surface area contributed by atoms with Gasteiger partial charge < -0.3 is 9.88 Å². The Morgan fingerprint density at radius 3 is 2.67 bits per heavy atom. The summed E-state index contributed by atoms with van der Waals surface area (Å²) in [5.74, 6) is 0.516. The molecule has 15 heavy (non-hydrogen) atoms. The van der Waals surface area contributed by atoms with Crippen LogP contribution in [-0.2, 0) is 6.54 Å². The highest BCUT2D eigenvalue weighted by Crippen LogP contribution is 2.03. The Kier molecular flexibility index (Phi) is 4.09. The minimum atomic E-state index is 0.110. The van der Waals surface area contributed by atoms with Gasteiger partial charge in [0.2, 0.25) is 0 Å². The summed E-state index contributed by atoms with van der Waals surface area (Å²) in [5.41, 5.74) is 0.912. The first-order valence-corrected chi connectivity index (χ1v) is 5.39. The van der Waals surface area contributed by atoms with Crippen molar-refractivity contribution in [3.63, 3.8) is 0 Å². The van der Waals surface area contributed by atoms with Crippen molar-refractivity contribution in [1.82, 2.24) is 9.88 Å². The van der Waals surface area contributed by atoms with E-state index in [9.17, 15) is 4.79 Å². The lowest BCUT2D eigenvalue weighted by atomic mass is 10.0. The molecule has 0 saturated carbocycles. The zero-order chi connectivity index (χ0) is 11.4. The van der Waals surface area contributed by atoms with Crippen molar-refractivity contribution in [1.29, 1.82) is 0 Å². The van der Waals surface area contributed by atoms with E-state index in [1.807, 2.05) is 32.3 Å². The van der Waals surface area contributed by atoms with Gasteiger partial charge in [0.15, 0.2) is 0 Å². The lowest BCUT2D eigenvalue weighted by Gasteiger charge is -2.21. The maximum absolute atomic E-state index is 11.8. The summed E-state index contributed by atoms with van der Waals surface area (Å²) >= 11 is 0. The van der Waals surface area contributed by atoms with Gasteiger partial charge in [0, 0.05) is 24.3 Å². The largest absolute Gasteiger partial charge is 0.315 e. The maximum Gasteiger partial charge on any atom is 0.253 e. The Bertz CT molecular complexity index is 368. The summed E-state index contributed by atoms with van der Waals surface area (Å²) in [6.45, 7) is 6.89. The molecule has 0 aromatic carbocycles. The molecule has 1 atom stereocenters. The van der Waals surface area contributed by atoms with Crippen molar-refractivity contribution < 1.29 is 0 Å². The molecular formula is C12H20N2O. The average Bonchev–Trinajstić information content (AvgIpc) is 2.19. The molecule has 0 aliphatic carbocycles. The fourth-order valence-corrected chi connectivity index (χ4v) is 1.65. The normalized spacial score (nSPS) is 13.1. The van der Waals surface area contributed by atoms with Crippen molar-refractivity contribution in [2.24, 2.45) is 5.92 Å². The second-order valence-electron chi connectivity index (χ2n) is 4.29. The molecule has 1 aromatic rings. The van der Waals surface area contributed by atoms with Crippen LogP contribution in [0.2, 0.25) is 0 Å². The van der Waals surface area contributed by atoms with E-state index in [0.717, 1.165) is 12.1 Å². The average molecular weight is 208 g/mol. The van der Waals surface area contributed by atoms with Crippen LogP contribution in [-0.4, -0.2) is 17.7 Å². The highest BCUT2D eigenvalue weighted by Gasteiger charge is 2.12. The Balaban J connectivity index is 2.89. The maximum atomic E-state index is 11.8. The minimum Gasteiger partial charge on any atom is -0.315 e. The van der Waals surface area contributed by atoms with Gasteiger partial charge in [-0.05, 0) is 26.0 Å². The van der Waals surface area contributed by atoms with Gasteiger partial charge in [-0.2, -0.15) is 0 Å². The minimum absolute atomic E-state index is 0.110. The number of nitrogens with one attached hydrogen (secondary N) is 1. The summed E-state index contributed by atoms with van der Waals surface area (Å²) in [6, 6.07) is 4.11. The lowest BCUT2D eigenvalue weighted by Crippen LogP contribution is -2.38. The van der Waals surface area contributed by atoms with Gasteiger partial charge in [-0.1, -0.05) is 19.9 Å². The Morgan fingerprint density at radius 2 is 2.13 bits per heavy atom. The van der Waals surface area contributed by atoms with E-state index in [1.165, 1.54) is 0 Å². The SMILES string of the molecule is CNC(Cn1cccc(C)c1=O)C(C)C. The van der Waals surface area contributed by atoms with Gasteiger partial charge in [-0.25, -0.2) is 0 Å². The third-order valence-corrected chi connectivity index (χ3v) is 2.78. The molecule has 1 unspecified atom stereocenters. The molecule has 0 saturated heterocycles. The Hall–Kier alpha value is -1.09. The second-order valence-corrected chi connectivity index (χ2v) is 4.29. The summed E-state index contributed by atoms with van der Waals surface area (Å²) in [7, 11) is 1.94. The molecule has 1 aromatic heterocycles. The summed E-state index contributed by atoms with van der Waals surface area (Å²) in [5, 5.41) is 3.24. The molecule has 0 fully saturated rings. The van der Waals surface area contributed by atoms with Gasteiger partial charge in [0.05, 0.1) is 0 Å². The number of nitrogens with zero attached hydrogens (tertiary/aromatic N) is 1. The van der Waals surface area contributed by atoms with Crippen LogP contribution in [0.25, 0.3) is 0 Å². The topological polar surface area (TPSA) is 34.0 Å². The summed E-state index contributed by atoms with van der Waals surface area (Å²) < 4.78 is 1.77.